The Morgan fingerprint density at radius 2 is 1.84 bits per heavy atom. The molecule has 4 rings (SSSR count). The van der Waals surface area contributed by atoms with Gasteiger partial charge in [-0.15, -0.1) is 4.40 Å². The van der Waals surface area contributed by atoms with E-state index < -0.39 is 22.0 Å². The van der Waals surface area contributed by atoms with Crippen LogP contribution < -0.4 is 0 Å². The predicted molar refractivity (Wildman–Crippen MR) is 112 cm³/mol. The standard InChI is InChI=1S/C21H17FN4O5S/c1-14-18(12-26(32(28,29)25-14)11-15-5-3-2-4-6-15)21(27)30-13-19-23-20(24-31-19)16-7-9-17(22)10-8-16/h2-10,12H,11,13H2,1H3. The minimum absolute atomic E-state index is 0.00553. The average Bonchev–Trinajstić information content (AvgIpc) is 3.24. The van der Waals surface area contributed by atoms with Crippen molar-refractivity contribution in [2.75, 3.05) is 0 Å². The van der Waals surface area contributed by atoms with Gasteiger partial charge in [0.2, 0.25) is 5.82 Å². The monoisotopic (exact) mass is 456 g/mol. The highest BCUT2D eigenvalue weighted by molar-refractivity contribution is 7.88. The lowest BCUT2D eigenvalue weighted by atomic mass is 10.2. The molecular formula is C21H17FN4O5S. The average molecular weight is 456 g/mol. The first-order chi connectivity index (χ1) is 15.3. The SMILES string of the molecule is CC1=NS(=O)(=O)N(Cc2ccccc2)C=C1C(=O)OCc1nc(-c2ccc(F)cc2)no1. The molecule has 1 aromatic heterocycles. The zero-order valence-electron chi connectivity index (χ0n) is 16.8. The molecule has 0 bridgehead atoms. The zero-order valence-corrected chi connectivity index (χ0v) is 17.6. The van der Waals surface area contributed by atoms with Crippen LogP contribution >= 0.6 is 0 Å². The van der Waals surface area contributed by atoms with Crippen molar-refractivity contribution in [1.29, 1.82) is 0 Å². The van der Waals surface area contributed by atoms with Crippen LogP contribution in [0.25, 0.3) is 11.4 Å². The second kappa shape index (κ2) is 8.71. The maximum atomic E-state index is 13.0. The summed E-state index contributed by atoms with van der Waals surface area (Å²) < 4.78 is 52.7. The van der Waals surface area contributed by atoms with Gasteiger partial charge in [0.15, 0.2) is 6.61 Å². The fraction of sp³-hybridized carbons (Fsp3) is 0.143. The van der Waals surface area contributed by atoms with E-state index in [1.54, 1.807) is 24.3 Å². The summed E-state index contributed by atoms with van der Waals surface area (Å²) in [4.78, 5) is 16.7. The van der Waals surface area contributed by atoms with Crippen LogP contribution in [0.1, 0.15) is 18.4 Å². The van der Waals surface area contributed by atoms with E-state index in [0.29, 0.717) is 5.56 Å². The fourth-order valence-corrected chi connectivity index (χ4v) is 4.00. The molecule has 2 heterocycles. The molecule has 164 valence electrons. The van der Waals surface area contributed by atoms with Crippen molar-refractivity contribution in [3.8, 4) is 11.4 Å². The second-order valence-electron chi connectivity index (χ2n) is 6.82. The molecule has 3 aromatic rings. The maximum absolute atomic E-state index is 13.0. The topological polar surface area (TPSA) is 115 Å². The number of nitrogens with zero attached hydrogens (tertiary/aromatic N) is 4. The number of carbonyl (C=O) groups excluding carboxylic acids is 1. The summed E-state index contributed by atoms with van der Waals surface area (Å²) in [6.07, 6.45) is 1.20. The summed E-state index contributed by atoms with van der Waals surface area (Å²) in [5, 5.41) is 3.77. The van der Waals surface area contributed by atoms with E-state index in [9.17, 15) is 17.6 Å². The van der Waals surface area contributed by atoms with Gasteiger partial charge in [-0.25, -0.2) is 9.18 Å². The summed E-state index contributed by atoms with van der Waals surface area (Å²) in [6, 6.07) is 14.4. The van der Waals surface area contributed by atoms with E-state index in [1.165, 1.54) is 37.4 Å². The van der Waals surface area contributed by atoms with Gasteiger partial charge in [0, 0.05) is 11.8 Å². The largest absolute Gasteiger partial charge is 0.452 e. The van der Waals surface area contributed by atoms with Gasteiger partial charge in [0.25, 0.3) is 5.89 Å². The Labute approximate surface area is 183 Å². The second-order valence-corrected chi connectivity index (χ2v) is 8.37. The zero-order chi connectivity index (χ0) is 22.7. The van der Waals surface area contributed by atoms with Crippen LogP contribution in [0.3, 0.4) is 0 Å². The first-order valence-electron chi connectivity index (χ1n) is 9.42. The summed E-state index contributed by atoms with van der Waals surface area (Å²) in [5.74, 6) is -0.948. The van der Waals surface area contributed by atoms with Gasteiger partial charge in [-0.05, 0) is 36.8 Å². The number of ether oxygens (including phenoxy) is 1. The van der Waals surface area contributed by atoms with Gasteiger partial charge in [0.05, 0.1) is 17.8 Å². The number of benzene rings is 2. The molecular weight excluding hydrogens is 439 g/mol. The van der Waals surface area contributed by atoms with Crippen molar-refractivity contribution >= 4 is 21.9 Å². The van der Waals surface area contributed by atoms with E-state index in [0.717, 1.165) is 9.87 Å². The van der Waals surface area contributed by atoms with Crippen molar-refractivity contribution in [3.63, 3.8) is 0 Å². The van der Waals surface area contributed by atoms with Gasteiger partial charge < -0.3 is 9.26 Å². The van der Waals surface area contributed by atoms with Crippen molar-refractivity contribution in [2.24, 2.45) is 4.40 Å². The Balaban J connectivity index is 1.46. The number of rotatable bonds is 6. The van der Waals surface area contributed by atoms with Crippen LogP contribution in [-0.4, -0.2) is 34.5 Å². The molecule has 32 heavy (non-hydrogen) atoms. The molecule has 2 aromatic carbocycles. The number of esters is 1. The van der Waals surface area contributed by atoms with Crippen LogP contribution in [0.4, 0.5) is 4.39 Å². The first kappa shape index (κ1) is 21.4. The molecule has 0 N–H and O–H groups in total. The summed E-state index contributed by atoms with van der Waals surface area (Å²) in [7, 11) is -3.97. The predicted octanol–water partition coefficient (Wildman–Crippen LogP) is 3.02. The molecule has 0 fully saturated rings. The van der Waals surface area contributed by atoms with Crippen LogP contribution in [0, 0.1) is 5.82 Å². The van der Waals surface area contributed by atoms with Crippen LogP contribution in [0.2, 0.25) is 0 Å². The Kier molecular flexibility index (Phi) is 5.82. The molecule has 0 unspecified atom stereocenters. The molecule has 0 atom stereocenters. The molecule has 11 heteroatoms. The number of carbonyl (C=O) groups is 1. The Bertz CT molecular complexity index is 1300. The first-order valence-corrected chi connectivity index (χ1v) is 10.8. The molecule has 9 nitrogen and oxygen atoms in total. The number of halogens is 1. The molecule has 0 aliphatic carbocycles. The van der Waals surface area contributed by atoms with Crippen molar-refractivity contribution < 1.29 is 26.9 Å². The summed E-state index contributed by atoms with van der Waals surface area (Å²) >= 11 is 0. The van der Waals surface area contributed by atoms with E-state index in [-0.39, 0.29) is 36.2 Å². The minimum atomic E-state index is -3.97. The van der Waals surface area contributed by atoms with Gasteiger partial charge in [0.1, 0.15) is 5.82 Å². The van der Waals surface area contributed by atoms with Gasteiger partial charge >= 0.3 is 16.2 Å². The number of hydrogen-bond acceptors (Lipinski definition) is 7. The van der Waals surface area contributed by atoms with Gasteiger partial charge in [-0.2, -0.15) is 13.4 Å². The highest BCUT2D eigenvalue weighted by Gasteiger charge is 2.29. The van der Waals surface area contributed by atoms with E-state index in [1.807, 2.05) is 6.07 Å². The minimum Gasteiger partial charge on any atom is -0.452 e. The lowest BCUT2D eigenvalue weighted by Gasteiger charge is -2.23. The highest BCUT2D eigenvalue weighted by Crippen LogP contribution is 2.21. The normalized spacial score (nSPS) is 15.1. The van der Waals surface area contributed by atoms with Crippen LogP contribution in [-0.2, 0) is 32.9 Å². The number of hydrogen-bond donors (Lipinski definition) is 0. The van der Waals surface area contributed by atoms with Crippen LogP contribution in [0.5, 0.6) is 0 Å². The van der Waals surface area contributed by atoms with E-state index in [2.05, 4.69) is 14.5 Å². The fourth-order valence-electron chi connectivity index (χ4n) is 2.90. The van der Waals surface area contributed by atoms with Crippen molar-refractivity contribution in [3.05, 3.63) is 83.6 Å². The molecule has 0 saturated carbocycles. The lowest BCUT2D eigenvalue weighted by molar-refractivity contribution is -0.140. The number of aromatic nitrogens is 2. The summed E-state index contributed by atoms with van der Waals surface area (Å²) in [5.41, 5.74) is 1.27. The highest BCUT2D eigenvalue weighted by atomic mass is 32.2. The summed E-state index contributed by atoms with van der Waals surface area (Å²) in [6.45, 7) is 1.09. The maximum Gasteiger partial charge on any atom is 0.344 e. The Morgan fingerprint density at radius 3 is 2.56 bits per heavy atom. The quantitative estimate of drug-likeness (QED) is 0.524. The molecule has 0 saturated heterocycles. The van der Waals surface area contributed by atoms with Gasteiger partial charge in [-0.1, -0.05) is 35.5 Å². The lowest BCUT2D eigenvalue weighted by Crippen LogP contribution is -2.31. The molecule has 1 aliphatic rings. The Hall–Kier alpha value is -3.86. The van der Waals surface area contributed by atoms with Crippen molar-refractivity contribution in [1.82, 2.24) is 14.4 Å². The third kappa shape index (κ3) is 4.72. The molecule has 1 aliphatic heterocycles. The van der Waals surface area contributed by atoms with E-state index >= 15 is 0 Å². The smallest absolute Gasteiger partial charge is 0.344 e. The molecule has 0 radical (unpaired) electrons. The Morgan fingerprint density at radius 1 is 1.12 bits per heavy atom. The van der Waals surface area contributed by atoms with Crippen LogP contribution in [0.15, 0.2) is 75.3 Å². The third-order valence-electron chi connectivity index (χ3n) is 4.51. The van der Waals surface area contributed by atoms with Crippen molar-refractivity contribution in [2.45, 2.75) is 20.1 Å². The van der Waals surface area contributed by atoms with E-state index in [4.69, 9.17) is 9.26 Å². The third-order valence-corrected chi connectivity index (χ3v) is 5.84. The molecule has 0 spiro atoms. The van der Waals surface area contributed by atoms with Gasteiger partial charge in [-0.3, -0.25) is 4.31 Å². The molecule has 0 amide bonds.